The van der Waals surface area contributed by atoms with Gasteiger partial charge in [-0.1, -0.05) is 11.6 Å². The summed E-state index contributed by atoms with van der Waals surface area (Å²) >= 11 is 6.18. The summed E-state index contributed by atoms with van der Waals surface area (Å²) in [6.07, 6.45) is 4.58. The van der Waals surface area contributed by atoms with Crippen molar-refractivity contribution in [3.63, 3.8) is 0 Å². The maximum atomic E-state index is 12.7. The van der Waals surface area contributed by atoms with Crippen LogP contribution in [0.25, 0.3) is 11.0 Å². The first-order valence-electron chi connectivity index (χ1n) is 10.5. The zero-order chi connectivity index (χ0) is 21.3. The molecule has 3 heterocycles. The van der Waals surface area contributed by atoms with Gasteiger partial charge in [0.1, 0.15) is 11.9 Å². The predicted molar refractivity (Wildman–Crippen MR) is 116 cm³/mol. The molecule has 162 valence electrons. The lowest BCUT2D eigenvalue weighted by Gasteiger charge is -2.32. The molecule has 1 saturated carbocycles. The summed E-state index contributed by atoms with van der Waals surface area (Å²) in [4.78, 5) is 24.1. The fourth-order valence-electron chi connectivity index (χ4n) is 4.94. The molecule has 1 amide bonds. The minimum absolute atomic E-state index is 0.150. The molecule has 30 heavy (non-hydrogen) atoms. The number of nitrogen functional groups attached to an aromatic ring is 1. The number of anilines is 1. The van der Waals surface area contributed by atoms with Crippen LogP contribution in [0, 0.1) is 17.8 Å². The Labute approximate surface area is 180 Å². The first kappa shape index (κ1) is 21.2. The standard InChI is InChI=1S/C20H24ClN3O3.C2H4O/c21-17-7-13(19-12(18(17)22)3-6-27-19)20(25)23-8-14-15-9-24(10-16(14)15)11-1-4-26-5-2-11;1-2-3/h3,6-7,11,14-16H,1-2,4-5,8-10,22H2,(H,23,25);2H,1H3. The van der Waals surface area contributed by atoms with E-state index in [2.05, 4.69) is 10.2 Å². The average molecular weight is 434 g/mol. The van der Waals surface area contributed by atoms with Crippen molar-refractivity contribution >= 4 is 40.5 Å². The van der Waals surface area contributed by atoms with Gasteiger partial charge in [-0.15, -0.1) is 0 Å². The number of likely N-dealkylation sites (tertiary alicyclic amines) is 1. The number of benzene rings is 1. The third kappa shape index (κ3) is 4.06. The second-order valence-corrected chi connectivity index (χ2v) is 8.62. The number of ether oxygens (including phenoxy) is 1. The van der Waals surface area contributed by atoms with Crippen molar-refractivity contribution in [3.05, 3.63) is 29.0 Å². The number of nitrogens with two attached hydrogens (primary N) is 1. The van der Waals surface area contributed by atoms with Crippen LogP contribution in [0.1, 0.15) is 30.1 Å². The van der Waals surface area contributed by atoms with E-state index in [9.17, 15) is 4.79 Å². The number of piperidine rings is 1. The summed E-state index contributed by atoms with van der Waals surface area (Å²) in [6, 6.07) is 4.02. The molecule has 3 fully saturated rings. The van der Waals surface area contributed by atoms with Crippen molar-refractivity contribution in [2.45, 2.75) is 25.8 Å². The van der Waals surface area contributed by atoms with Crippen LogP contribution < -0.4 is 11.1 Å². The Kier molecular flexibility index (Phi) is 6.32. The number of furan rings is 1. The van der Waals surface area contributed by atoms with E-state index in [0.717, 1.165) is 45.4 Å². The van der Waals surface area contributed by atoms with Crippen molar-refractivity contribution in [1.82, 2.24) is 10.2 Å². The summed E-state index contributed by atoms with van der Waals surface area (Å²) in [5.74, 6) is 1.86. The van der Waals surface area contributed by atoms with Crippen LogP contribution in [-0.2, 0) is 9.53 Å². The van der Waals surface area contributed by atoms with Crippen LogP contribution in [-0.4, -0.2) is 56.0 Å². The molecule has 2 saturated heterocycles. The van der Waals surface area contributed by atoms with E-state index in [1.54, 1.807) is 12.1 Å². The molecule has 0 radical (unpaired) electrons. The molecular formula is C22H28ClN3O4. The summed E-state index contributed by atoms with van der Waals surface area (Å²) in [5, 5.41) is 4.14. The van der Waals surface area contributed by atoms with Gasteiger partial charge in [-0.05, 0) is 49.7 Å². The first-order chi connectivity index (χ1) is 14.5. The molecule has 1 aromatic heterocycles. The number of hydrogen-bond acceptors (Lipinski definition) is 6. The van der Waals surface area contributed by atoms with Crippen molar-refractivity contribution in [1.29, 1.82) is 0 Å². The summed E-state index contributed by atoms with van der Waals surface area (Å²) in [5.41, 5.74) is 7.35. The van der Waals surface area contributed by atoms with Crippen LogP contribution in [0.3, 0.4) is 0 Å². The van der Waals surface area contributed by atoms with E-state index in [1.165, 1.54) is 13.2 Å². The van der Waals surface area contributed by atoms with Gasteiger partial charge >= 0.3 is 0 Å². The van der Waals surface area contributed by atoms with E-state index < -0.39 is 0 Å². The van der Waals surface area contributed by atoms with Gasteiger partial charge in [0, 0.05) is 44.3 Å². The molecule has 8 heteroatoms. The van der Waals surface area contributed by atoms with Crippen molar-refractivity contribution in [2.75, 3.05) is 38.6 Å². The van der Waals surface area contributed by atoms with E-state index in [1.807, 2.05) is 0 Å². The third-order valence-corrected chi connectivity index (χ3v) is 6.89. The number of amides is 1. The van der Waals surface area contributed by atoms with Gasteiger partial charge in [-0.25, -0.2) is 0 Å². The highest BCUT2D eigenvalue weighted by molar-refractivity contribution is 6.35. The number of aldehydes is 1. The number of carbonyl (C=O) groups excluding carboxylic acids is 2. The Morgan fingerprint density at radius 1 is 1.33 bits per heavy atom. The van der Waals surface area contributed by atoms with E-state index >= 15 is 0 Å². The monoisotopic (exact) mass is 433 g/mol. The predicted octanol–water partition coefficient (Wildman–Crippen LogP) is 2.96. The summed E-state index contributed by atoms with van der Waals surface area (Å²) in [6.45, 7) is 6.25. The van der Waals surface area contributed by atoms with E-state index in [4.69, 9.17) is 31.3 Å². The van der Waals surface area contributed by atoms with Crippen molar-refractivity contribution in [3.8, 4) is 0 Å². The van der Waals surface area contributed by atoms with Gasteiger partial charge in [-0.3, -0.25) is 9.69 Å². The molecule has 7 nitrogen and oxygen atoms in total. The molecule has 3 aliphatic rings. The molecule has 5 rings (SSSR count). The lowest BCUT2D eigenvalue weighted by molar-refractivity contribution is -0.106. The van der Waals surface area contributed by atoms with Crippen LogP contribution >= 0.6 is 11.6 Å². The van der Waals surface area contributed by atoms with Crippen LogP contribution in [0.15, 0.2) is 22.8 Å². The van der Waals surface area contributed by atoms with Gasteiger partial charge in [-0.2, -0.15) is 0 Å². The number of halogens is 1. The van der Waals surface area contributed by atoms with E-state index in [-0.39, 0.29) is 5.91 Å². The zero-order valence-corrected chi connectivity index (χ0v) is 17.9. The number of nitrogens with zero attached hydrogens (tertiary/aromatic N) is 1. The normalized spacial score (nSPS) is 26.0. The minimum atomic E-state index is -0.150. The smallest absolute Gasteiger partial charge is 0.255 e. The van der Waals surface area contributed by atoms with Gasteiger partial charge in [0.05, 0.1) is 22.5 Å². The number of nitrogens with one attached hydrogen (secondary N) is 1. The Bertz CT molecular complexity index is 912. The molecule has 1 aromatic carbocycles. The van der Waals surface area contributed by atoms with Gasteiger partial charge < -0.3 is 25.0 Å². The molecular weight excluding hydrogens is 406 g/mol. The molecule has 2 aliphatic heterocycles. The number of rotatable bonds is 4. The second-order valence-electron chi connectivity index (χ2n) is 8.22. The molecule has 1 aliphatic carbocycles. The fraction of sp³-hybridized carbons (Fsp3) is 0.545. The Hall–Kier alpha value is -2.09. The lowest BCUT2D eigenvalue weighted by atomic mass is 10.1. The molecule has 0 bridgehead atoms. The van der Waals surface area contributed by atoms with Crippen LogP contribution in [0.2, 0.25) is 5.02 Å². The number of carbonyl (C=O) groups is 2. The van der Waals surface area contributed by atoms with Gasteiger partial charge in [0.25, 0.3) is 5.91 Å². The number of fused-ring (bicyclic) bond motifs is 2. The van der Waals surface area contributed by atoms with Gasteiger partial charge in [0.2, 0.25) is 0 Å². The maximum absolute atomic E-state index is 12.7. The first-order valence-corrected chi connectivity index (χ1v) is 10.9. The summed E-state index contributed by atoms with van der Waals surface area (Å²) in [7, 11) is 0. The Morgan fingerprint density at radius 2 is 2.00 bits per heavy atom. The topological polar surface area (TPSA) is 97.8 Å². The zero-order valence-electron chi connectivity index (χ0n) is 17.1. The molecule has 2 aromatic rings. The second kappa shape index (κ2) is 8.96. The quantitative estimate of drug-likeness (QED) is 0.568. The van der Waals surface area contributed by atoms with Crippen molar-refractivity contribution < 1.29 is 18.7 Å². The van der Waals surface area contributed by atoms with Crippen molar-refractivity contribution in [2.24, 2.45) is 17.8 Å². The Morgan fingerprint density at radius 3 is 2.67 bits per heavy atom. The largest absolute Gasteiger partial charge is 0.463 e. The maximum Gasteiger partial charge on any atom is 0.255 e. The average Bonchev–Trinajstić information content (AvgIpc) is 3.12. The molecule has 3 N–H and O–H groups in total. The van der Waals surface area contributed by atoms with Crippen LogP contribution in [0.4, 0.5) is 5.69 Å². The number of hydrogen-bond donors (Lipinski definition) is 2. The minimum Gasteiger partial charge on any atom is -0.463 e. The third-order valence-electron chi connectivity index (χ3n) is 6.58. The highest BCUT2D eigenvalue weighted by atomic mass is 35.5. The van der Waals surface area contributed by atoms with E-state index in [0.29, 0.717) is 57.6 Å². The Balaban J connectivity index is 0.000000687. The molecule has 0 spiro atoms. The molecule has 2 unspecified atom stereocenters. The SMILES string of the molecule is CC=O.Nc1c(Cl)cc(C(=O)NCC2C3CN(C4CCOCC4)CC23)c2occc12. The summed E-state index contributed by atoms with van der Waals surface area (Å²) < 4.78 is 10.9. The highest BCUT2D eigenvalue weighted by Gasteiger charge is 2.56. The molecule has 2 atom stereocenters. The highest BCUT2D eigenvalue weighted by Crippen LogP contribution is 2.52. The fourth-order valence-corrected chi connectivity index (χ4v) is 5.15. The lowest BCUT2D eigenvalue weighted by Crippen LogP contribution is -2.40. The van der Waals surface area contributed by atoms with Crippen LogP contribution in [0.5, 0.6) is 0 Å². The van der Waals surface area contributed by atoms with Gasteiger partial charge in [0.15, 0.2) is 0 Å².